The van der Waals surface area contributed by atoms with Crippen LogP contribution in [0, 0.1) is 0 Å². The minimum atomic E-state index is -0.233. The number of benzene rings is 2. The van der Waals surface area contributed by atoms with Crippen LogP contribution in [0.4, 0.5) is 11.4 Å². The Morgan fingerprint density at radius 2 is 1.96 bits per heavy atom. The molecule has 0 saturated carbocycles. The van der Waals surface area contributed by atoms with E-state index < -0.39 is 0 Å². The maximum atomic E-state index is 12.2. The number of ether oxygens (including phenoxy) is 2. The first kappa shape index (κ1) is 18.8. The van der Waals surface area contributed by atoms with Crippen molar-refractivity contribution < 1.29 is 14.3 Å². The highest BCUT2D eigenvalue weighted by molar-refractivity contribution is 6.44. The third-order valence-corrected chi connectivity index (χ3v) is 4.82. The zero-order valence-corrected chi connectivity index (χ0v) is 15.6. The third kappa shape index (κ3) is 5.04. The Morgan fingerprint density at radius 3 is 2.77 bits per heavy atom. The molecule has 7 heteroatoms. The van der Waals surface area contributed by atoms with Gasteiger partial charge in [-0.05, 0) is 37.1 Å². The molecule has 0 radical (unpaired) electrons. The highest BCUT2D eigenvalue weighted by Crippen LogP contribution is 2.29. The van der Waals surface area contributed by atoms with Gasteiger partial charge in [-0.2, -0.15) is 0 Å². The van der Waals surface area contributed by atoms with E-state index in [9.17, 15) is 4.79 Å². The molecular weight excluding hydrogens is 375 g/mol. The molecule has 3 rings (SSSR count). The van der Waals surface area contributed by atoms with Gasteiger partial charge in [-0.1, -0.05) is 41.4 Å². The fourth-order valence-electron chi connectivity index (χ4n) is 2.67. The lowest BCUT2D eigenvalue weighted by molar-refractivity contribution is -0.114. The van der Waals surface area contributed by atoms with E-state index in [2.05, 4.69) is 10.6 Å². The molecule has 26 heavy (non-hydrogen) atoms. The number of hydrogen-bond donors (Lipinski definition) is 2. The van der Waals surface area contributed by atoms with Crippen molar-refractivity contribution in [2.45, 2.75) is 18.9 Å². The van der Waals surface area contributed by atoms with E-state index in [0.29, 0.717) is 28.1 Å². The lowest BCUT2D eigenvalue weighted by Gasteiger charge is -2.16. The summed E-state index contributed by atoms with van der Waals surface area (Å²) in [7, 11) is 0. The predicted molar refractivity (Wildman–Crippen MR) is 104 cm³/mol. The number of amides is 1. The van der Waals surface area contributed by atoms with Crippen LogP contribution < -0.4 is 15.4 Å². The highest BCUT2D eigenvalue weighted by atomic mass is 35.5. The maximum Gasteiger partial charge on any atom is 0.243 e. The van der Waals surface area contributed by atoms with Gasteiger partial charge in [-0.3, -0.25) is 4.79 Å². The Balaban J connectivity index is 1.55. The van der Waals surface area contributed by atoms with Crippen LogP contribution in [0.25, 0.3) is 0 Å². The standard InChI is InChI=1S/C19H20Cl2N2O3/c20-14-6-3-8-16(19(14)21)23-18(24)11-22-15-7-1-2-9-17(15)26-12-13-5-4-10-25-13/h1-3,6-9,13,22H,4-5,10-12H2,(H,23,24). The Kier molecular flexibility index (Phi) is 6.61. The van der Waals surface area contributed by atoms with E-state index in [4.69, 9.17) is 32.7 Å². The Labute approximate surface area is 162 Å². The number of carbonyl (C=O) groups excluding carboxylic acids is 1. The van der Waals surface area contributed by atoms with Gasteiger partial charge in [-0.25, -0.2) is 0 Å². The zero-order valence-electron chi connectivity index (χ0n) is 14.1. The van der Waals surface area contributed by atoms with E-state index in [0.717, 1.165) is 25.1 Å². The molecular formula is C19H20Cl2N2O3. The molecule has 1 saturated heterocycles. The van der Waals surface area contributed by atoms with Gasteiger partial charge in [-0.15, -0.1) is 0 Å². The van der Waals surface area contributed by atoms with Gasteiger partial charge in [0, 0.05) is 6.61 Å². The predicted octanol–water partition coefficient (Wildman–Crippen LogP) is 4.60. The van der Waals surface area contributed by atoms with Gasteiger partial charge in [0.25, 0.3) is 0 Å². The van der Waals surface area contributed by atoms with Crippen molar-refractivity contribution in [2.75, 3.05) is 30.4 Å². The van der Waals surface area contributed by atoms with Crippen LogP contribution in [0.1, 0.15) is 12.8 Å². The zero-order chi connectivity index (χ0) is 18.4. The highest BCUT2D eigenvalue weighted by Gasteiger charge is 2.17. The molecule has 0 spiro atoms. The Hall–Kier alpha value is -1.95. The second-order valence-corrected chi connectivity index (χ2v) is 6.73. The summed E-state index contributed by atoms with van der Waals surface area (Å²) in [6, 6.07) is 12.6. The van der Waals surface area contributed by atoms with E-state index in [-0.39, 0.29) is 18.6 Å². The van der Waals surface area contributed by atoms with Gasteiger partial charge in [0.2, 0.25) is 5.91 Å². The van der Waals surface area contributed by atoms with Crippen molar-refractivity contribution in [3.63, 3.8) is 0 Å². The summed E-state index contributed by atoms with van der Waals surface area (Å²) in [5.41, 5.74) is 1.23. The van der Waals surface area contributed by atoms with Crippen molar-refractivity contribution in [2.24, 2.45) is 0 Å². The molecule has 138 valence electrons. The number of nitrogens with one attached hydrogen (secondary N) is 2. The van der Waals surface area contributed by atoms with Crippen molar-refractivity contribution in [1.29, 1.82) is 0 Å². The van der Waals surface area contributed by atoms with Gasteiger partial charge in [0.1, 0.15) is 12.4 Å². The monoisotopic (exact) mass is 394 g/mol. The summed E-state index contributed by atoms with van der Waals surface area (Å²) in [6.45, 7) is 1.37. The van der Waals surface area contributed by atoms with E-state index >= 15 is 0 Å². The minimum absolute atomic E-state index is 0.0726. The largest absolute Gasteiger partial charge is 0.489 e. The molecule has 0 aromatic heterocycles. The van der Waals surface area contributed by atoms with Crippen LogP contribution in [0.5, 0.6) is 5.75 Å². The van der Waals surface area contributed by atoms with Crippen LogP contribution >= 0.6 is 23.2 Å². The van der Waals surface area contributed by atoms with E-state index in [1.165, 1.54) is 0 Å². The smallest absolute Gasteiger partial charge is 0.243 e. The summed E-state index contributed by atoms with van der Waals surface area (Å²) in [5, 5.41) is 6.54. The molecule has 1 amide bonds. The SMILES string of the molecule is O=C(CNc1ccccc1OCC1CCCO1)Nc1cccc(Cl)c1Cl. The van der Waals surface area contributed by atoms with Crippen molar-refractivity contribution in [3.8, 4) is 5.75 Å². The number of carbonyl (C=O) groups is 1. The van der Waals surface area contributed by atoms with Crippen LogP contribution in [0.15, 0.2) is 42.5 Å². The molecule has 1 atom stereocenters. The van der Waals surface area contributed by atoms with Gasteiger partial charge in [0.05, 0.1) is 34.1 Å². The van der Waals surface area contributed by atoms with E-state index in [1.54, 1.807) is 18.2 Å². The summed E-state index contributed by atoms with van der Waals surface area (Å²) in [6.07, 6.45) is 2.22. The van der Waals surface area contributed by atoms with E-state index in [1.807, 2.05) is 24.3 Å². The topological polar surface area (TPSA) is 59.6 Å². The van der Waals surface area contributed by atoms with Gasteiger partial charge >= 0.3 is 0 Å². The molecule has 1 heterocycles. The molecule has 0 aliphatic carbocycles. The minimum Gasteiger partial charge on any atom is -0.489 e. The van der Waals surface area contributed by atoms with Crippen LogP contribution in [-0.4, -0.2) is 31.8 Å². The average Bonchev–Trinajstić information content (AvgIpc) is 3.16. The molecule has 2 N–H and O–H groups in total. The fraction of sp³-hybridized carbons (Fsp3) is 0.316. The Morgan fingerprint density at radius 1 is 1.15 bits per heavy atom. The summed E-state index contributed by atoms with van der Waals surface area (Å²) < 4.78 is 11.4. The molecule has 0 bridgehead atoms. The lowest BCUT2D eigenvalue weighted by atomic mass is 10.2. The van der Waals surface area contributed by atoms with Crippen molar-refractivity contribution in [3.05, 3.63) is 52.5 Å². The first-order valence-electron chi connectivity index (χ1n) is 8.44. The fourth-order valence-corrected chi connectivity index (χ4v) is 3.02. The number of anilines is 2. The van der Waals surface area contributed by atoms with Gasteiger partial charge in [0.15, 0.2) is 0 Å². The average molecular weight is 395 g/mol. The number of para-hydroxylation sites is 2. The quantitative estimate of drug-likeness (QED) is 0.719. The molecule has 1 aliphatic heterocycles. The van der Waals surface area contributed by atoms with Gasteiger partial charge < -0.3 is 20.1 Å². The third-order valence-electron chi connectivity index (χ3n) is 4.00. The summed E-state index contributed by atoms with van der Waals surface area (Å²) in [4.78, 5) is 12.2. The molecule has 5 nitrogen and oxygen atoms in total. The second kappa shape index (κ2) is 9.12. The molecule has 1 aliphatic rings. The Bertz CT molecular complexity index is 764. The number of rotatable bonds is 7. The molecule has 1 fully saturated rings. The number of halogens is 2. The first-order chi connectivity index (χ1) is 12.6. The maximum absolute atomic E-state index is 12.2. The second-order valence-electron chi connectivity index (χ2n) is 5.95. The lowest BCUT2D eigenvalue weighted by Crippen LogP contribution is -2.22. The van der Waals surface area contributed by atoms with Crippen molar-refractivity contribution in [1.82, 2.24) is 0 Å². The molecule has 2 aromatic carbocycles. The van der Waals surface area contributed by atoms with Crippen LogP contribution in [0.2, 0.25) is 10.0 Å². The molecule has 2 aromatic rings. The summed E-state index contributed by atoms with van der Waals surface area (Å²) >= 11 is 12.0. The summed E-state index contributed by atoms with van der Waals surface area (Å²) in [5.74, 6) is 0.458. The number of hydrogen-bond acceptors (Lipinski definition) is 4. The van der Waals surface area contributed by atoms with Crippen molar-refractivity contribution >= 4 is 40.5 Å². The normalized spacial score (nSPS) is 16.3. The van der Waals surface area contributed by atoms with Crippen LogP contribution in [0.3, 0.4) is 0 Å². The first-order valence-corrected chi connectivity index (χ1v) is 9.20. The molecule has 1 unspecified atom stereocenters. The van der Waals surface area contributed by atoms with Crippen LogP contribution in [-0.2, 0) is 9.53 Å².